The minimum atomic E-state index is 0.702. The highest BCUT2D eigenvalue weighted by molar-refractivity contribution is 6.30. The smallest absolute Gasteiger partial charge is 0.152 e. The zero-order chi connectivity index (χ0) is 11.0. The van der Waals surface area contributed by atoms with Gasteiger partial charge in [-0.05, 0) is 37.1 Å². The summed E-state index contributed by atoms with van der Waals surface area (Å²) < 4.78 is 0. The number of anilines is 2. The number of nitrogens with one attached hydrogen (secondary N) is 2. The molecular formula is C12H12ClN3. The van der Waals surface area contributed by atoms with Crippen LogP contribution < -0.4 is 5.32 Å². The van der Waals surface area contributed by atoms with Crippen LogP contribution in [0.15, 0.2) is 30.3 Å². The SMILES string of the molecule is Clc1ccc(Nc2cc(C3CC3)[nH]n2)cc1. The molecule has 82 valence electrons. The van der Waals surface area contributed by atoms with Gasteiger partial charge in [0.05, 0.1) is 0 Å². The molecule has 4 heteroatoms. The van der Waals surface area contributed by atoms with Crippen LogP contribution in [-0.2, 0) is 0 Å². The van der Waals surface area contributed by atoms with Crippen LogP contribution in [0.2, 0.25) is 5.02 Å². The highest BCUT2D eigenvalue weighted by Gasteiger charge is 2.25. The van der Waals surface area contributed by atoms with E-state index in [4.69, 9.17) is 11.6 Å². The molecule has 2 N–H and O–H groups in total. The second kappa shape index (κ2) is 3.83. The van der Waals surface area contributed by atoms with Crippen LogP contribution in [0.25, 0.3) is 0 Å². The second-order valence-electron chi connectivity index (χ2n) is 4.11. The van der Waals surface area contributed by atoms with Crippen LogP contribution in [0.3, 0.4) is 0 Å². The normalized spacial score (nSPS) is 15.1. The minimum Gasteiger partial charge on any atom is -0.339 e. The fourth-order valence-corrected chi connectivity index (χ4v) is 1.81. The Bertz CT molecular complexity index is 485. The van der Waals surface area contributed by atoms with Crippen LogP contribution in [-0.4, -0.2) is 10.2 Å². The molecule has 0 amide bonds. The summed E-state index contributed by atoms with van der Waals surface area (Å²) in [5.41, 5.74) is 2.23. The summed E-state index contributed by atoms with van der Waals surface area (Å²) in [6, 6.07) is 9.67. The van der Waals surface area contributed by atoms with Gasteiger partial charge in [0, 0.05) is 28.4 Å². The van der Waals surface area contributed by atoms with Gasteiger partial charge >= 0.3 is 0 Å². The zero-order valence-electron chi connectivity index (χ0n) is 8.70. The predicted octanol–water partition coefficient (Wildman–Crippen LogP) is 3.68. The monoisotopic (exact) mass is 233 g/mol. The van der Waals surface area contributed by atoms with Crippen LogP contribution >= 0.6 is 11.6 Å². The molecule has 0 atom stereocenters. The first-order valence-corrected chi connectivity index (χ1v) is 5.77. The number of hydrogen-bond acceptors (Lipinski definition) is 2. The largest absolute Gasteiger partial charge is 0.339 e. The third-order valence-corrected chi connectivity index (χ3v) is 2.98. The van der Waals surface area contributed by atoms with Crippen molar-refractivity contribution in [2.75, 3.05) is 5.32 Å². The molecule has 0 radical (unpaired) electrons. The Labute approximate surface area is 98.8 Å². The summed E-state index contributed by atoms with van der Waals surface area (Å²) >= 11 is 5.82. The van der Waals surface area contributed by atoms with E-state index < -0.39 is 0 Å². The van der Waals surface area contributed by atoms with Crippen LogP contribution in [0.5, 0.6) is 0 Å². The summed E-state index contributed by atoms with van der Waals surface area (Å²) in [7, 11) is 0. The first kappa shape index (κ1) is 9.73. The Hall–Kier alpha value is -1.48. The maximum atomic E-state index is 5.82. The number of benzene rings is 1. The van der Waals surface area contributed by atoms with E-state index in [0.29, 0.717) is 5.92 Å². The van der Waals surface area contributed by atoms with Gasteiger partial charge in [0.2, 0.25) is 0 Å². The predicted molar refractivity (Wildman–Crippen MR) is 65.3 cm³/mol. The molecule has 2 aromatic rings. The molecule has 1 aliphatic rings. The number of rotatable bonds is 3. The third-order valence-electron chi connectivity index (χ3n) is 2.73. The van der Waals surface area contributed by atoms with Crippen molar-refractivity contribution in [2.24, 2.45) is 0 Å². The lowest BCUT2D eigenvalue weighted by Gasteiger charge is -2.01. The molecule has 1 aromatic heterocycles. The fourth-order valence-electron chi connectivity index (χ4n) is 1.69. The van der Waals surface area contributed by atoms with E-state index in [1.165, 1.54) is 18.5 Å². The molecule has 0 aliphatic heterocycles. The summed E-state index contributed by atoms with van der Waals surface area (Å²) in [6.45, 7) is 0. The molecule has 1 aliphatic carbocycles. The summed E-state index contributed by atoms with van der Waals surface area (Å²) in [4.78, 5) is 0. The van der Waals surface area contributed by atoms with Gasteiger partial charge in [-0.25, -0.2) is 0 Å². The maximum Gasteiger partial charge on any atom is 0.152 e. The Morgan fingerprint density at radius 1 is 1.25 bits per heavy atom. The molecule has 0 unspecified atom stereocenters. The van der Waals surface area contributed by atoms with Gasteiger partial charge in [0.1, 0.15) is 0 Å². The van der Waals surface area contributed by atoms with Crippen molar-refractivity contribution < 1.29 is 0 Å². The summed E-state index contributed by atoms with van der Waals surface area (Å²) in [5, 5.41) is 11.3. The van der Waals surface area contributed by atoms with Crippen molar-refractivity contribution in [3.63, 3.8) is 0 Å². The minimum absolute atomic E-state index is 0.702. The molecule has 1 heterocycles. The average Bonchev–Trinajstić information content (AvgIpc) is 3.04. The highest BCUT2D eigenvalue weighted by atomic mass is 35.5. The van der Waals surface area contributed by atoms with Gasteiger partial charge in [0.25, 0.3) is 0 Å². The number of H-pyrrole nitrogens is 1. The lowest BCUT2D eigenvalue weighted by molar-refractivity contribution is 0.967. The van der Waals surface area contributed by atoms with Crippen molar-refractivity contribution in [3.8, 4) is 0 Å². The Morgan fingerprint density at radius 3 is 2.69 bits per heavy atom. The Kier molecular flexibility index (Phi) is 2.33. The molecular weight excluding hydrogens is 222 g/mol. The van der Waals surface area contributed by atoms with E-state index in [2.05, 4.69) is 21.6 Å². The molecule has 1 fully saturated rings. The first-order chi connectivity index (χ1) is 7.81. The number of halogens is 1. The van der Waals surface area contributed by atoms with Crippen molar-refractivity contribution in [1.29, 1.82) is 0 Å². The summed E-state index contributed by atoms with van der Waals surface area (Å²) in [5.74, 6) is 1.57. The number of nitrogens with zero attached hydrogens (tertiary/aromatic N) is 1. The molecule has 0 bridgehead atoms. The van der Waals surface area contributed by atoms with Gasteiger partial charge in [0.15, 0.2) is 5.82 Å². The Morgan fingerprint density at radius 2 is 2.00 bits per heavy atom. The van der Waals surface area contributed by atoms with Crippen LogP contribution in [0, 0.1) is 0 Å². The number of aromatic nitrogens is 2. The topological polar surface area (TPSA) is 40.7 Å². The molecule has 0 saturated heterocycles. The van der Waals surface area contributed by atoms with Gasteiger partial charge in [-0.3, -0.25) is 5.10 Å². The van der Waals surface area contributed by atoms with Gasteiger partial charge in [-0.2, -0.15) is 5.10 Å². The zero-order valence-corrected chi connectivity index (χ0v) is 9.46. The number of aromatic amines is 1. The first-order valence-electron chi connectivity index (χ1n) is 5.39. The van der Waals surface area contributed by atoms with Gasteiger partial charge in [-0.1, -0.05) is 11.6 Å². The molecule has 0 spiro atoms. The van der Waals surface area contributed by atoms with E-state index in [9.17, 15) is 0 Å². The molecule has 16 heavy (non-hydrogen) atoms. The molecule has 1 aromatic carbocycles. The van der Waals surface area contributed by atoms with Gasteiger partial charge in [-0.15, -0.1) is 0 Å². The van der Waals surface area contributed by atoms with E-state index in [-0.39, 0.29) is 0 Å². The van der Waals surface area contributed by atoms with Crippen LogP contribution in [0.1, 0.15) is 24.5 Å². The van der Waals surface area contributed by atoms with E-state index >= 15 is 0 Å². The average molecular weight is 234 g/mol. The van der Waals surface area contributed by atoms with Crippen molar-refractivity contribution >= 4 is 23.1 Å². The maximum absolute atomic E-state index is 5.82. The highest BCUT2D eigenvalue weighted by Crippen LogP contribution is 2.39. The summed E-state index contributed by atoms with van der Waals surface area (Å²) in [6.07, 6.45) is 2.56. The standard InChI is InChI=1S/C12H12ClN3/c13-9-3-5-10(6-4-9)14-12-7-11(15-16-12)8-1-2-8/h3-8H,1-2H2,(H2,14,15,16). The molecule has 3 nitrogen and oxygen atoms in total. The van der Waals surface area contributed by atoms with E-state index in [0.717, 1.165) is 16.5 Å². The fraction of sp³-hybridized carbons (Fsp3) is 0.250. The lowest BCUT2D eigenvalue weighted by atomic mass is 10.3. The van der Waals surface area contributed by atoms with Gasteiger partial charge < -0.3 is 5.32 Å². The van der Waals surface area contributed by atoms with Crippen LogP contribution in [0.4, 0.5) is 11.5 Å². The van der Waals surface area contributed by atoms with E-state index in [1.807, 2.05) is 24.3 Å². The number of hydrogen-bond donors (Lipinski definition) is 2. The Balaban J connectivity index is 1.75. The van der Waals surface area contributed by atoms with Crippen molar-refractivity contribution in [1.82, 2.24) is 10.2 Å². The second-order valence-corrected chi connectivity index (χ2v) is 4.55. The van der Waals surface area contributed by atoms with Crippen molar-refractivity contribution in [3.05, 3.63) is 41.0 Å². The third kappa shape index (κ3) is 2.04. The molecule has 3 rings (SSSR count). The molecule has 1 saturated carbocycles. The lowest BCUT2D eigenvalue weighted by Crippen LogP contribution is -1.89. The van der Waals surface area contributed by atoms with E-state index in [1.54, 1.807) is 0 Å². The van der Waals surface area contributed by atoms with Crippen molar-refractivity contribution in [2.45, 2.75) is 18.8 Å². The quantitative estimate of drug-likeness (QED) is 0.849.